The fourth-order valence-electron chi connectivity index (χ4n) is 10.4. The van der Waals surface area contributed by atoms with E-state index in [4.69, 9.17) is 0 Å². The van der Waals surface area contributed by atoms with Crippen molar-refractivity contribution in [1.29, 1.82) is 0 Å². The quantitative estimate of drug-likeness (QED) is 0.210. The number of hydrogen-bond acceptors (Lipinski definition) is 2. The molecule has 0 N–H and O–H groups in total. The van der Waals surface area contributed by atoms with Crippen molar-refractivity contribution < 1.29 is 0 Å². The molecular formula is C39H41BN2. The highest BCUT2D eigenvalue weighted by Gasteiger charge is 2.53. The Balaban J connectivity index is 1.33. The van der Waals surface area contributed by atoms with Crippen LogP contribution in [0.4, 0.5) is 28.4 Å². The lowest BCUT2D eigenvalue weighted by Gasteiger charge is -2.57. The zero-order valence-electron chi connectivity index (χ0n) is 25.3. The second kappa shape index (κ2) is 9.02. The Labute approximate surface area is 251 Å². The number of benzene rings is 4. The lowest BCUT2D eigenvalue weighted by molar-refractivity contribution is -0.00514. The number of fused-ring (bicyclic) bond motifs is 4. The van der Waals surface area contributed by atoms with Crippen LogP contribution in [-0.4, -0.2) is 13.3 Å². The average Bonchev–Trinajstić information content (AvgIpc) is 3.00. The average molecular weight is 549 g/mol. The van der Waals surface area contributed by atoms with Gasteiger partial charge in [-0.3, -0.25) is 0 Å². The molecular weight excluding hydrogens is 507 g/mol. The summed E-state index contributed by atoms with van der Waals surface area (Å²) in [5.74, 6) is 3.32. The highest BCUT2D eigenvalue weighted by Crippen LogP contribution is 2.61. The van der Waals surface area contributed by atoms with Gasteiger partial charge in [-0.1, -0.05) is 62.4 Å². The number of anilines is 5. The van der Waals surface area contributed by atoms with Crippen LogP contribution >= 0.6 is 0 Å². The summed E-state index contributed by atoms with van der Waals surface area (Å²) in [6, 6.07) is 33.2. The fraction of sp³-hybridized carbons (Fsp3) is 0.385. The van der Waals surface area contributed by atoms with Crippen molar-refractivity contribution in [2.45, 2.75) is 70.6 Å². The highest BCUT2D eigenvalue weighted by molar-refractivity contribution is 7.00. The normalized spacial score (nSPS) is 26.4. The van der Waals surface area contributed by atoms with Crippen molar-refractivity contribution >= 4 is 51.5 Å². The molecule has 4 fully saturated rings. The Morgan fingerprint density at radius 3 is 1.90 bits per heavy atom. The molecule has 4 bridgehead atoms. The molecule has 2 heterocycles. The van der Waals surface area contributed by atoms with Gasteiger partial charge in [0.1, 0.15) is 0 Å². The molecule has 210 valence electrons. The first-order valence-electron chi connectivity index (χ1n) is 16.6. The van der Waals surface area contributed by atoms with E-state index in [-0.39, 0.29) is 6.71 Å². The molecule has 2 aliphatic heterocycles. The van der Waals surface area contributed by atoms with E-state index >= 15 is 0 Å². The van der Waals surface area contributed by atoms with Gasteiger partial charge in [0.15, 0.2) is 0 Å². The first-order valence-corrected chi connectivity index (χ1v) is 16.6. The van der Waals surface area contributed by atoms with Gasteiger partial charge in [-0.05, 0) is 138 Å². The molecule has 0 radical (unpaired) electrons. The smallest absolute Gasteiger partial charge is 0.252 e. The van der Waals surface area contributed by atoms with Crippen molar-refractivity contribution in [3.05, 3.63) is 96.1 Å². The minimum Gasteiger partial charge on any atom is -0.343 e. The molecule has 6 aliphatic rings. The first kappa shape index (κ1) is 25.1. The van der Waals surface area contributed by atoms with Gasteiger partial charge in [0.2, 0.25) is 0 Å². The van der Waals surface area contributed by atoms with Crippen LogP contribution < -0.4 is 26.2 Å². The Bertz CT molecular complexity index is 1670. The third-order valence-electron chi connectivity index (χ3n) is 11.8. The van der Waals surface area contributed by atoms with Crippen molar-refractivity contribution in [2.24, 2.45) is 17.8 Å². The summed E-state index contributed by atoms with van der Waals surface area (Å²) in [7, 11) is 0. The van der Waals surface area contributed by atoms with Crippen molar-refractivity contribution in [1.82, 2.24) is 0 Å². The van der Waals surface area contributed by atoms with Gasteiger partial charge in [0, 0.05) is 35.0 Å². The summed E-state index contributed by atoms with van der Waals surface area (Å²) < 4.78 is 0. The predicted octanol–water partition coefficient (Wildman–Crippen LogP) is 8.05. The molecule has 4 aromatic carbocycles. The molecule has 42 heavy (non-hydrogen) atoms. The summed E-state index contributed by atoms with van der Waals surface area (Å²) >= 11 is 0. The van der Waals surface area contributed by atoms with Crippen molar-refractivity contribution in [2.75, 3.05) is 16.3 Å². The van der Waals surface area contributed by atoms with Gasteiger partial charge in [-0.25, -0.2) is 0 Å². The maximum Gasteiger partial charge on any atom is 0.252 e. The number of nitrogens with zero attached hydrogens (tertiary/aromatic N) is 2. The van der Waals surface area contributed by atoms with Crippen LogP contribution in [0.15, 0.2) is 84.9 Å². The Hall–Kier alpha value is -3.46. The molecule has 3 heteroatoms. The molecule has 4 aliphatic carbocycles. The third kappa shape index (κ3) is 3.46. The van der Waals surface area contributed by atoms with Crippen LogP contribution in [0.5, 0.6) is 0 Å². The number of hydrogen-bond donors (Lipinski definition) is 0. The van der Waals surface area contributed by atoms with Crippen LogP contribution in [0.2, 0.25) is 0 Å². The van der Waals surface area contributed by atoms with Crippen LogP contribution in [0.1, 0.15) is 76.3 Å². The fourth-order valence-corrected chi connectivity index (χ4v) is 10.4. The van der Waals surface area contributed by atoms with Gasteiger partial charge in [-0.2, -0.15) is 0 Å². The van der Waals surface area contributed by atoms with E-state index in [9.17, 15) is 0 Å². The molecule has 0 saturated heterocycles. The lowest BCUT2D eigenvalue weighted by Crippen LogP contribution is -2.62. The van der Waals surface area contributed by atoms with Gasteiger partial charge in [0.25, 0.3) is 6.71 Å². The monoisotopic (exact) mass is 548 g/mol. The zero-order chi connectivity index (χ0) is 28.2. The maximum atomic E-state index is 2.67. The van der Waals surface area contributed by atoms with Gasteiger partial charge in [0.05, 0.1) is 0 Å². The largest absolute Gasteiger partial charge is 0.343 e. The molecule has 10 rings (SSSR count). The molecule has 0 unspecified atom stereocenters. The third-order valence-corrected chi connectivity index (χ3v) is 11.8. The maximum absolute atomic E-state index is 2.67. The van der Waals surface area contributed by atoms with E-state index in [0.717, 1.165) is 24.3 Å². The predicted molar refractivity (Wildman–Crippen MR) is 179 cm³/mol. The zero-order valence-corrected chi connectivity index (χ0v) is 25.3. The summed E-state index contributed by atoms with van der Waals surface area (Å²) in [6.07, 6.45) is 8.62. The molecule has 2 nitrogen and oxygen atoms in total. The van der Waals surface area contributed by atoms with Crippen molar-refractivity contribution in [3.63, 3.8) is 0 Å². The van der Waals surface area contributed by atoms with E-state index in [0.29, 0.717) is 11.3 Å². The van der Waals surface area contributed by atoms with Crippen LogP contribution in [0.3, 0.4) is 0 Å². The van der Waals surface area contributed by atoms with E-state index in [1.165, 1.54) is 88.9 Å². The Morgan fingerprint density at radius 1 is 0.714 bits per heavy atom. The molecule has 4 saturated carbocycles. The van der Waals surface area contributed by atoms with Gasteiger partial charge < -0.3 is 9.80 Å². The lowest BCUT2D eigenvalue weighted by atomic mass is 9.33. The molecule has 0 amide bonds. The van der Waals surface area contributed by atoms with Crippen LogP contribution in [-0.2, 0) is 5.41 Å². The minimum atomic E-state index is 0.252. The second-order valence-electron chi connectivity index (χ2n) is 14.5. The Kier molecular flexibility index (Phi) is 5.39. The molecule has 0 spiro atoms. The highest BCUT2D eigenvalue weighted by atomic mass is 15.2. The standard InChI is InChI=1S/C39H41BN2/c1-4-41-34-11-7-5-9-32(34)40-33-10-6-8-12-35(33)42(31-15-13-29(14-16-31)25(2)3)37-21-30(20-36(41)38(37)40)39-22-26-17-27(23-39)19-28(18-26)24-39/h5-16,20-21,25-28H,4,17-19,22-24H2,1-3H3. The molecule has 0 atom stereocenters. The summed E-state index contributed by atoms with van der Waals surface area (Å²) in [5.41, 5.74) is 14.6. The molecule has 4 aromatic rings. The van der Waals surface area contributed by atoms with E-state index in [2.05, 4.69) is 116 Å². The second-order valence-corrected chi connectivity index (χ2v) is 14.5. The van der Waals surface area contributed by atoms with E-state index in [1.54, 1.807) is 5.56 Å². The topological polar surface area (TPSA) is 6.48 Å². The summed E-state index contributed by atoms with van der Waals surface area (Å²) in [4.78, 5) is 5.24. The van der Waals surface area contributed by atoms with Gasteiger partial charge in [-0.15, -0.1) is 0 Å². The molecule has 0 aromatic heterocycles. The first-order chi connectivity index (χ1) is 20.5. The van der Waals surface area contributed by atoms with E-state index in [1.807, 2.05) is 0 Å². The Morgan fingerprint density at radius 2 is 1.29 bits per heavy atom. The minimum absolute atomic E-state index is 0.252. The SMILES string of the molecule is CCN1c2ccccc2B2c3ccccc3N(c3ccc(C(C)C)cc3)c3cc(C45CC6CC(CC(C6)C4)C5)cc1c32. The van der Waals surface area contributed by atoms with E-state index < -0.39 is 0 Å². The van der Waals surface area contributed by atoms with Crippen LogP contribution in [0, 0.1) is 17.8 Å². The number of para-hydroxylation sites is 2. The number of rotatable bonds is 4. The summed E-state index contributed by atoms with van der Waals surface area (Å²) in [5, 5.41) is 0. The summed E-state index contributed by atoms with van der Waals surface area (Å²) in [6.45, 7) is 8.14. The van der Waals surface area contributed by atoms with Crippen molar-refractivity contribution in [3.8, 4) is 0 Å². The van der Waals surface area contributed by atoms with Crippen LogP contribution in [0.25, 0.3) is 0 Å². The van der Waals surface area contributed by atoms with Gasteiger partial charge >= 0.3 is 0 Å².